The molecule has 0 spiro atoms. The van der Waals surface area contributed by atoms with E-state index in [1.165, 1.54) is 48.4 Å². The van der Waals surface area contributed by atoms with Gasteiger partial charge in [0.15, 0.2) is 0 Å². The van der Waals surface area contributed by atoms with Crippen molar-refractivity contribution in [1.29, 1.82) is 0 Å². The Morgan fingerprint density at radius 3 is 2.67 bits per heavy atom. The molecule has 21 heavy (non-hydrogen) atoms. The molecule has 1 N–H and O–H groups in total. The molecule has 0 radical (unpaired) electrons. The van der Waals surface area contributed by atoms with Crippen molar-refractivity contribution >= 4 is 10.8 Å². The largest absolute Gasteiger partial charge is 0.316 e. The van der Waals surface area contributed by atoms with Gasteiger partial charge in [0, 0.05) is 6.04 Å². The van der Waals surface area contributed by atoms with Crippen LogP contribution in [0.5, 0.6) is 0 Å². The summed E-state index contributed by atoms with van der Waals surface area (Å²) < 4.78 is 0. The van der Waals surface area contributed by atoms with E-state index in [0.29, 0.717) is 6.04 Å². The van der Waals surface area contributed by atoms with E-state index in [1.54, 1.807) is 5.57 Å². The molecular formula is C20H25N. The number of fused-ring (bicyclic) bond motifs is 1. The SMILES string of the molecule is CNC(CC1=CCCCC1)Cc1cccc2ccccc12. The lowest BCUT2D eigenvalue weighted by Crippen LogP contribution is -2.28. The molecule has 0 amide bonds. The van der Waals surface area contributed by atoms with E-state index < -0.39 is 0 Å². The molecule has 0 fully saturated rings. The maximum atomic E-state index is 3.52. The summed E-state index contributed by atoms with van der Waals surface area (Å²) >= 11 is 0. The van der Waals surface area contributed by atoms with Crippen LogP contribution in [0.4, 0.5) is 0 Å². The summed E-state index contributed by atoms with van der Waals surface area (Å²) in [5.74, 6) is 0. The minimum absolute atomic E-state index is 0.542. The van der Waals surface area contributed by atoms with Gasteiger partial charge in [0.05, 0.1) is 0 Å². The summed E-state index contributed by atoms with van der Waals surface area (Å²) in [6.07, 6.45) is 10.1. The van der Waals surface area contributed by atoms with Crippen LogP contribution in [0.2, 0.25) is 0 Å². The average molecular weight is 279 g/mol. The van der Waals surface area contributed by atoms with Crippen molar-refractivity contribution < 1.29 is 0 Å². The maximum Gasteiger partial charge on any atom is 0.0142 e. The Balaban J connectivity index is 1.77. The first-order valence-electron chi connectivity index (χ1n) is 8.18. The van der Waals surface area contributed by atoms with Crippen LogP contribution < -0.4 is 5.32 Å². The number of nitrogens with one attached hydrogen (secondary N) is 1. The van der Waals surface area contributed by atoms with E-state index in [-0.39, 0.29) is 0 Å². The molecule has 1 aliphatic rings. The number of hydrogen-bond acceptors (Lipinski definition) is 1. The molecule has 1 unspecified atom stereocenters. The van der Waals surface area contributed by atoms with E-state index in [9.17, 15) is 0 Å². The van der Waals surface area contributed by atoms with Crippen LogP contribution in [0, 0.1) is 0 Å². The number of likely N-dealkylation sites (N-methyl/N-ethyl adjacent to an activating group) is 1. The Kier molecular flexibility index (Phi) is 4.72. The lowest BCUT2D eigenvalue weighted by atomic mass is 9.91. The molecule has 0 aromatic heterocycles. The van der Waals surface area contributed by atoms with Crippen molar-refractivity contribution in [3.63, 3.8) is 0 Å². The number of allylic oxidation sites excluding steroid dienone is 1. The number of hydrogen-bond donors (Lipinski definition) is 1. The fourth-order valence-corrected chi connectivity index (χ4v) is 3.42. The standard InChI is InChI=1S/C20H25N/c1-21-19(14-16-8-3-2-4-9-16)15-18-12-7-11-17-10-5-6-13-20(17)18/h5-8,10-13,19,21H,2-4,9,14-15H2,1H3. The monoisotopic (exact) mass is 279 g/mol. The van der Waals surface area contributed by atoms with Gasteiger partial charge in [-0.25, -0.2) is 0 Å². The van der Waals surface area contributed by atoms with Crippen LogP contribution in [0.25, 0.3) is 10.8 Å². The van der Waals surface area contributed by atoms with Gasteiger partial charge < -0.3 is 5.32 Å². The highest BCUT2D eigenvalue weighted by Crippen LogP contribution is 2.24. The van der Waals surface area contributed by atoms with Crippen LogP contribution >= 0.6 is 0 Å². The molecule has 0 saturated carbocycles. The lowest BCUT2D eigenvalue weighted by molar-refractivity contribution is 0.533. The van der Waals surface area contributed by atoms with Crippen molar-refractivity contribution in [1.82, 2.24) is 5.32 Å². The van der Waals surface area contributed by atoms with Gasteiger partial charge in [-0.15, -0.1) is 0 Å². The predicted molar refractivity (Wildman–Crippen MR) is 91.7 cm³/mol. The summed E-state index contributed by atoms with van der Waals surface area (Å²) in [6, 6.07) is 15.9. The van der Waals surface area contributed by atoms with E-state index >= 15 is 0 Å². The van der Waals surface area contributed by atoms with Crippen LogP contribution in [0.15, 0.2) is 54.1 Å². The topological polar surface area (TPSA) is 12.0 Å². The second-order valence-corrected chi connectivity index (χ2v) is 6.14. The van der Waals surface area contributed by atoms with Gasteiger partial charge in [0.25, 0.3) is 0 Å². The minimum Gasteiger partial charge on any atom is -0.316 e. The first kappa shape index (κ1) is 14.3. The molecule has 0 saturated heterocycles. The van der Waals surface area contributed by atoms with E-state index in [1.807, 2.05) is 0 Å². The van der Waals surface area contributed by atoms with Gasteiger partial charge >= 0.3 is 0 Å². The third kappa shape index (κ3) is 3.54. The summed E-state index contributed by atoms with van der Waals surface area (Å²) in [5.41, 5.74) is 3.12. The normalized spacial score (nSPS) is 16.7. The van der Waals surface area contributed by atoms with Crippen molar-refractivity contribution in [2.75, 3.05) is 7.05 Å². The number of rotatable bonds is 5. The Hall–Kier alpha value is -1.60. The zero-order valence-electron chi connectivity index (χ0n) is 12.9. The third-order valence-electron chi connectivity index (χ3n) is 4.65. The second kappa shape index (κ2) is 6.91. The Morgan fingerprint density at radius 1 is 1.00 bits per heavy atom. The van der Waals surface area contributed by atoms with Crippen molar-refractivity contribution in [3.05, 3.63) is 59.7 Å². The quantitative estimate of drug-likeness (QED) is 0.771. The highest BCUT2D eigenvalue weighted by molar-refractivity contribution is 5.85. The molecule has 2 aromatic carbocycles. The van der Waals surface area contributed by atoms with Gasteiger partial charge in [0.1, 0.15) is 0 Å². The van der Waals surface area contributed by atoms with Crippen LogP contribution in [-0.4, -0.2) is 13.1 Å². The fraction of sp³-hybridized carbons (Fsp3) is 0.400. The Labute approximate surface area is 128 Å². The summed E-state index contributed by atoms with van der Waals surface area (Å²) in [7, 11) is 2.10. The molecule has 2 aromatic rings. The first-order valence-corrected chi connectivity index (χ1v) is 8.18. The Morgan fingerprint density at radius 2 is 1.86 bits per heavy atom. The molecule has 1 atom stereocenters. The van der Waals surface area contributed by atoms with Crippen molar-refractivity contribution in [2.24, 2.45) is 0 Å². The van der Waals surface area contributed by atoms with E-state index in [4.69, 9.17) is 0 Å². The van der Waals surface area contributed by atoms with Crippen LogP contribution in [0.3, 0.4) is 0 Å². The first-order chi connectivity index (χ1) is 10.4. The molecule has 1 heteroatoms. The van der Waals surface area contributed by atoms with E-state index in [0.717, 1.165) is 6.42 Å². The fourth-order valence-electron chi connectivity index (χ4n) is 3.42. The zero-order chi connectivity index (χ0) is 14.5. The summed E-state index contributed by atoms with van der Waals surface area (Å²) in [5, 5.41) is 6.27. The second-order valence-electron chi connectivity index (χ2n) is 6.14. The van der Waals surface area contributed by atoms with E-state index in [2.05, 4.69) is 60.9 Å². The maximum absolute atomic E-state index is 3.52. The number of benzene rings is 2. The summed E-state index contributed by atoms with van der Waals surface area (Å²) in [6.45, 7) is 0. The molecule has 0 aliphatic heterocycles. The van der Waals surface area contributed by atoms with Crippen molar-refractivity contribution in [3.8, 4) is 0 Å². The van der Waals surface area contributed by atoms with Gasteiger partial charge in [-0.2, -0.15) is 0 Å². The smallest absolute Gasteiger partial charge is 0.0142 e. The highest BCUT2D eigenvalue weighted by Gasteiger charge is 2.13. The molecule has 1 nitrogen and oxygen atoms in total. The molecule has 3 rings (SSSR count). The minimum atomic E-state index is 0.542. The van der Waals surface area contributed by atoms with Crippen molar-refractivity contribution in [2.45, 2.75) is 44.6 Å². The summed E-state index contributed by atoms with van der Waals surface area (Å²) in [4.78, 5) is 0. The van der Waals surface area contributed by atoms with Gasteiger partial charge in [-0.3, -0.25) is 0 Å². The lowest BCUT2D eigenvalue weighted by Gasteiger charge is -2.21. The Bertz CT molecular complexity index is 621. The third-order valence-corrected chi connectivity index (χ3v) is 4.65. The predicted octanol–water partition coefficient (Wildman–Crippen LogP) is 4.86. The van der Waals surface area contributed by atoms with Gasteiger partial charge in [-0.1, -0.05) is 54.1 Å². The molecular weight excluding hydrogens is 254 g/mol. The molecule has 0 heterocycles. The van der Waals surface area contributed by atoms with Gasteiger partial charge in [-0.05, 0) is 61.9 Å². The molecule has 110 valence electrons. The van der Waals surface area contributed by atoms with Gasteiger partial charge in [0.2, 0.25) is 0 Å². The molecule has 0 bridgehead atoms. The highest BCUT2D eigenvalue weighted by atomic mass is 14.9. The average Bonchev–Trinajstić information content (AvgIpc) is 2.55. The van der Waals surface area contributed by atoms with Crippen LogP contribution in [-0.2, 0) is 6.42 Å². The van der Waals surface area contributed by atoms with Crippen LogP contribution in [0.1, 0.15) is 37.7 Å². The zero-order valence-corrected chi connectivity index (χ0v) is 12.9. The molecule has 1 aliphatic carbocycles.